The van der Waals surface area contributed by atoms with Gasteiger partial charge in [0.15, 0.2) is 5.41 Å². The van der Waals surface area contributed by atoms with Gasteiger partial charge in [-0.2, -0.15) is 26.3 Å². The van der Waals surface area contributed by atoms with Gasteiger partial charge in [-0.3, -0.25) is 4.79 Å². The van der Waals surface area contributed by atoms with Crippen LogP contribution < -0.4 is 0 Å². The summed E-state index contributed by atoms with van der Waals surface area (Å²) in [5.74, 6) is -0.751. The fourth-order valence-corrected chi connectivity index (χ4v) is 3.23. The van der Waals surface area contributed by atoms with Gasteiger partial charge in [-0.1, -0.05) is 12.1 Å². The minimum Gasteiger partial charge on any atom is -0.341 e. The third kappa shape index (κ3) is 3.54. The Morgan fingerprint density at radius 3 is 2.00 bits per heavy atom. The Bertz CT molecular complexity index is 779. The van der Waals surface area contributed by atoms with E-state index in [0.29, 0.717) is 10.5 Å². The van der Waals surface area contributed by atoms with Crippen LogP contribution in [0.15, 0.2) is 48.8 Å². The lowest BCUT2D eigenvalue weighted by Crippen LogP contribution is -2.52. The maximum atomic E-state index is 13.1. The zero-order valence-electron chi connectivity index (χ0n) is 14.0. The van der Waals surface area contributed by atoms with Gasteiger partial charge in [-0.25, -0.2) is 0 Å². The zero-order chi connectivity index (χ0) is 19.9. The van der Waals surface area contributed by atoms with Crippen molar-refractivity contribution in [2.24, 2.45) is 5.41 Å². The van der Waals surface area contributed by atoms with Gasteiger partial charge in [0.05, 0.1) is 6.42 Å². The number of halogens is 6. The number of rotatable bonds is 3. The number of hydrogen-bond donors (Lipinski definition) is 0. The van der Waals surface area contributed by atoms with E-state index < -0.39 is 43.2 Å². The molecule has 2 aromatic rings. The predicted octanol–water partition coefficient (Wildman–Crippen LogP) is 4.36. The molecule has 146 valence electrons. The molecule has 2 heterocycles. The molecule has 1 aromatic heterocycles. The van der Waals surface area contributed by atoms with Gasteiger partial charge in [0, 0.05) is 31.2 Å². The fraction of sp³-hybridized carbons (Fsp3) is 0.389. The summed E-state index contributed by atoms with van der Waals surface area (Å²) in [4.78, 5) is 12.9. The van der Waals surface area contributed by atoms with Gasteiger partial charge in [0.1, 0.15) is 0 Å². The van der Waals surface area contributed by atoms with E-state index in [-0.39, 0.29) is 6.42 Å². The summed E-state index contributed by atoms with van der Waals surface area (Å²) in [6.07, 6.45) is -8.70. The Balaban J connectivity index is 1.70. The second kappa shape index (κ2) is 6.61. The predicted molar refractivity (Wildman–Crippen MR) is 85.2 cm³/mol. The SMILES string of the molecule is O=C(Cc1ccc(-n2cccc2)cc1)N1CCC(C(F)(F)F)(C(F)(F)F)C1. The van der Waals surface area contributed by atoms with Crippen LogP contribution >= 0.6 is 0 Å². The van der Waals surface area contributed by atoms with Crippen molar-refractivity contribution < 1.29 is 31.1 Å². The van der Waals surface area contributed by atoms with Gasteiger partial charge in [0.2, 0.25) is 5.91 Å². The summed E-state index contributed by atoms with van der Waals surface area (Å²) in [6.45, 7) is -1.96. The van der Waals surface area contributed by atoms with Crippen molar-refractivity contribution in [2.45, 2.75) is 25.2 Å². The minimum atomic E-state index is -5.46. The molecular formula is C18H16F6N2O. The average Bonchev–Trinajstić information content (AvgIpc) is 3.25. The lowest BCUT2D eigenvalue weighted by Gasteiger charge is -2.33. The van der Waals surface area contributed by atoms with Crippen LogP contribution in [0.4, 0.5) is 26.3 Å². The summed E-state index contributed by atoms with van der Waals surface area (Å²) in [7, 11) is 0. The van der Waals surface area contributed by atoms with E-state index in [4.69, 9.17) is 0 Å². The number of benzene rings is 1. The second-order valence-corrected chi connectivity index (χ2v) is 6.58. The van der Waals surface area contributed by atoms with Crippen LogP contribution in [-0.2, 0) is 11.2 Å². The van der Waals surface area contributed by atoms with Crippen LogP contribution in [-0.4, -0.2) is 40.8 Å². The normalized spacial score (nSPS) is 17.3. The molecule has 0 bridgehead atoms. The first-order valence-electron chi connectivity index (χ1n) is 8.17. The molecule has 1 amide bonds. The number of carbonyl (C=O) groups excluding carboxylic acids is 1. The molecule has 1 aliphatic heterocycles. The zero-order valence-corrected chi connectivity index (χ0v) is 14.0. The van der Waals surface area contributed by atoms with Crippen molar-refractivity contribution >= 4 is 5.91 Å². The number of nitrogens with zero attached hydrogens (tertiary/aromatic N) is 2. The molecule has 1 aliphatic rings. The first-order valence-corrected chi connectivity index (χ1v) is 8.17. The summed E-state index contributed by atoms with van der Waals surface area (Å²) in [5.41, 5.74) is -2.51. The maximum absolute atomic E-state index is 13.1. The highest BCUT2D eigenvalue weighted by Gasteiger charge is 2.72. The van der Waals surface area contributed by atoms with Crippen LogP contribution in [0.25, 0.3) is 5.69 Å². The van der Waals surface area contributed by atoms with Crippen molar-refractivity contribution in [2.75, 3.05) is 13.1 Å². The fourth-order valence-electron chi connectivity index (χ4n) is 3.23. The van der Waals surface area contributed by atoms with Crippen LogP contribution in [0.5, 0.6) is 0 Å². The number of likely N-dealkylation sites (tertiary alicyclic amines) is 1. The largest absolute Gasteiger partial charge is 0.404 e. The minimum absolute atomic E-state index is 0.252. The van der Waals surface area contributed by atoms with Crippen LogP contribution in [0, 0.1) is 5.41 Å². The smallest absolute Gasteiger partial charge is 0.341 e. The standard InChI is InChI=1S/C18H16F6N2O/c19-17(20,21)16(18(22,23)24)7-10-26(12-16)15(27)11-13-3-5-14(6-4-13)25-8-1-2-9-25/h1-6,8-9H,7,10-12H2. The lowest BCUT2D eigenvalue weighted by atomic mass is 9.85. The molecule has 3 nitrogen and oxygen atoms in total. The van der Waals surface area contributed by atoms with Crippen LogP contribution in [0.1, 0.15) is 12.0 Å². The molecule has 0 saturated carbocycles. The molecule has 27 heavy (non-hydrogen) atoms. The number of amides is 1. The van der Waals surface area contributed by atoms with Gasteiger partial charge < -0.3 is 9.47 Å². The first-order chi connectivity index (χ1) is 12.5. The summed E-state index contributed by atoms with van der Waals surface area (Å²) >= 11 is 0. The molecule has 0 N–H and O–H groups in total. The summed E-state index contributed by atoms with van der Waals surface area (Å²) in [6, 6.07) is 10.4. The van der Waals surface area contributed by atoms with E-state index in [0.717, 1.165) is 5.69 Å². The third-order valence-corrected chi connectivity index (χ3v) is 4.90. The van der Waals surface area contributed by atoms with E-state index >= 15 is 0 Å². The van der Waals surface area contributed by atoms with E-state index in [1.165, 1.54) is 0 Å². The topological polar surface area (TPSA) is 25.2 Å². The molecule has 3 rings (SSSR count). The van der Waals surface area contributed by atoms with E-state index in [1.807, 2.05) is 29.1 Å². The Hall–Kier alpha value is -2.45. The molecule has 1 fully saturated rings. The molecule has 9 heteroatoms. The molecule has 1 saturated heterocycles. The summed E-state index contributed by atoms with van der Waals surface area (Å²) < 4.78 is 80.4. The van der Waals surface area contributed by atoms with Crippen molar-refractivity contribution in [3.8, 4) is 5.69 Å². The maximum Gasteiger partial charge on any atom is 0.404 e. The molecule has 1 aromatic carbocycles. The number of alkyl halides is 6. The Morgan fingerprint density at radius 2 is 1.52 bits per heavy atom. The highest BCUT2D eigenvalue weighted by Crippen LogP contribution is 2.55. The summed E-state index contributed by atoms with van der Waals surface area (Å²) in [5, 5.41) is 0. The Morgan fingerprint density at radius 1 is 0.963 bits per heavy atom. The van der Waals surface area contributed by atoms with Crippen molar-refractivity contribution in [1.29, 1.82) is 0 Å². The molecule has 0 spiro atoms. The van der Waals surface area contributed by atoms with Gasteiger partial charge in [-0.05, 0) is 36.2 Å². The highest BCUT2D eigenvalue weighted by molar-refractivity contribution is 5.79. The van der Waals surface area contributed by atoms with Gasteiger partial charge in [0.25, 0.3) is 0 Å². The Labute approximate surface area is 151 Å². The van der Waals surface area contributed by atoms with Crippen molar-refractivity contribution in [3.05, 3.63) is 54.4 Å². The van der Waals surface area contributed by atoms with E-state index in [2.05, 4.69) is 0 Å². The monoisotopic (exact) mass is 390 g/mol. The Kier molecular flexibility index (Phi) is 4.73. The first kappa shape index (κ1) is 19.3. The number of carbonyl (C=O) groups is 1. The second-order valence-electron chi connectivity index (χ2n) is 6.58. The molecule has 0 radical (unpaired) electrons. The van der Waals surface area contributed by atoms with Crippen molar-refractivity contribution in [3.63, 3.8) is 0 Å². The average molecular weight is 390 g/mol. The van der Waals surface area contributed by atoms with Gasteiger partial charge in [-0.15, -0.1) is 0 Å². The molecule has 0 atom stereocenters. The number of hydrogen-bond acceptors (Lipinski definition) is 1. The van der Waals surface area contributed by atoms with Gasteiger partial charge >= 0.3 is 12.4 Å². The highest BCUT2D eigenvalue weighted by atomic mass is 19.4. The lowest BCUT2D eigenvalue weighted by molar-refractivity contribution is -0.334. The van der Waals surface area contributed by atoms with Crippen LogP contribution in [0.3, 0.4) is 0 Å². The van der Waals surface area contributed by atoms with E-state index in [1.54, 1.807) is 24.3 Å². The number of aromatic nitrogens is 1. The van der Waals surface area contributed by atoms with Crippen molar-refractivity contribution in [1.82, 2.24) is 9.47 Å². The third-order valence-electron chi connectivity index (χ3n) is 4.90. The van der Waals surface area contributed by atoms with Crippen LogP contribution in [0.2, 0.25) is 0 Å². The molecule has 0 aliphatic carbocycles. The quantitative estimate of drug-likeness (QED) is 0.715. The molecular weight excluding hydrogens is 374 g/mol. The van der Waals surface area contributed by atoms with E-state index in [9.17, 15) is 31.1 Å². The molecule has 0 unspecified atom stereocenters.